The highest BCUT2D eigenvalue weighted by atomic mass is 16.5. The number of carbonyl (C=O) groups is 1. The zero-order valence-corrected chi connectivity index (χ0v) is 12.0. The van der Waals surface area contributed by atoms with Crippen LogP contribution in [0.2, 0.25) is 0 Å². The molecule has 0 radical (unpaired) electrons. The lowest BCUT2D eigenvalue weighted by Gasteiger charge is -2.27. The highest BCUT2D eigenvalue weighted by molar-refractivity contribution is 5.78. The molecule has 2 aliphatic rings. The Morgan fingerprint density at radius 3 is 2.68 bits per heavy atom. The van der Waals surface area contributed by atoms with E-state index in [1.807, 2.05) is 11.9 Å². The summed E-state index contributed by atoms with van der Waals surface area (Å²) >= 11 is 0. The van der Waals surface area contributed by atoms with Crippen LogP contribution >= 0.6 is 0 Å². The molecule has 2 aliphatic heterocycles. The molecule has 0 N–H and O–H groups in total. The smallest absolute Gasteiger partial charge is 0.227 e. The quantitative estimate of drug-likeness (QED) is 0.663. The molecule has 1 atom stereocenters. The van der Waals surface area contributed by atoms with Crippen molar-refractivity contribution in [2.45, 2.75) is 19.3 Å². The zero-order valence-electron chi connectivity index (χ0n) is 12.0. The molecule has 2 heterocycles. The van der Waals surface area contributed by atoms with Crippen LogP contribution in [0, 0.1) is 5.92 Å². The van der Waals surface area contributed by atoms with Crippen LogP contribution in [0.3, 0.4) is 0 Å². The van der Waals surface area contributed by atoms with Crippen LogP contribution in [0.1, 0.15) is 19.3 Å². The molecule has 19 heavy (non-hydrogen) atoms. The third-order valence-corrected chi connectivity index (χ3v) is 3.98. The second-order valence-electron chi connectivity index (χ2n) is 5.48. The summed E-state index contributed by atoms with van der Waals surface area (Å²) in [5.41, 5.74) is 0. The minimum Gasteiger partial charge on any atom is -0.381 e. The fraction of sp³-hybridized carbons (Fsp3) is 0.929. The van der Waals surface area contributed by atoms with E-state index in [0.29, 0.717) is 6.61 Å². The van der Waals surface area contributed by atoms with E-state index in [-0.39, 0.29) is 11.8 Å². The summed E-state index contributed by atoms with van der Waals surface area (Å²) in [6.45, 7) is 7.15. The van der Waals surface area contributed by atoms with Gasteiger partial charge in [-0.1, -0.05) is 0 Å². The maximum Gasteiger partial charge on any atom is 0.227 e. The third kappa shape index (κ3) is 4.75. The van der Waals surface area contributed by atoms with Gasteiger partial charge in [-0.05, 0) is 25.8 Å². The van der Waals surface area contributed by atoms with Crippen molar-refractivity contribution in [2.24, 2.45) is 5.92 Å². The lowest BCUT2D eigenvalue weighted by Crippen LogP contribution is -2.37. The van der Waals surface area contributed by atoms with Gasteiger partial charge in [0.1, 0.15) is 0 Å². The Balaban J connectivity index is 1.55. The number of ether oxygens (including phenoxy) is 2. The molecule has 1 unspecified atom stereocenters. The number of carbonyl (C=O) groups excluding carboxylic acids is 1. The summed E-state index contributed by atoms with van der Waals surface area (Å²) in [4.78, 5) is 16.4. The van der Waals surface area contributed by atoms with Gasteiger partial charge in [-0.25, -0.2) is 0 Å². The molecule has 2 saturated heterocycles. The zero-order chi connectivity index (χ0) is 13.5. The van der Waals surface area contributed by atoms with Crippen molar-refractivity contribution in [3.05, 3.63) is 0 Å². The standard InChI is InChI=1S/C14H26N2O3/c1-15(14(17)13-4-9-19-12-13)5-2-3-6-16-7-10-18-11-8-16/h13H,2-12H2,1H3. The first kappa shape index (κ1) is 14.8. The molecule has 0 aromatic carbocycles. The van der Waals surface area contributed by atoms with E-state index in [2.05, 4.69) is 4.90 Å². The minimum absolute atomic E-state index is 0.101. The molecule has 5 heteroatoms. The van der Waals surface area contributed by atoms with E-state index < -0.39 is 0 Å². The molecule has 110 valence electrons. The molecule has 2 rings (SSSR count). The van der Waals surface area contributed by atoms with Crippen molar-refractivity contribution in [1.82, 2.24) is 9.80 Å². The van der Waals surface area contributed by atoms with Crippen molar-refractivity contribution in [1.29, 1.82) is 0 Å². The molecule has 1 amide bonds. The highest BCUT2D eigenvalue weighted by Gasteiger charge is 2.25. The summed E-state index contributed by atoms with van der Waals surface area (Å²) in [6, 6.07) is 0. The van der Waals surface area contributed by atoms with Crippen molar-refractivity contribution < 1.29 is 14.3 Å². The Labute approximate surface area is 115 Å². The number of amides is 1. The van der Waals surface area contributed by atoms with Gasteiger partial charge in [0.15, 0.2) is 0 Å². The van der Waals surface area contributed by atoms with Crippen LogP contribution in [0.5, 0.6) is 0 Å². The number of nitrogens with zero attached hydrogens (tertiary/aromatic N) is 2. The van der Waals surface area contributed by atoms with Gasteiger partial charge in [0, 0.05) is 33.3 Å². The number of unbranched alkanes of at least 4 members (excludes halogenated alkanes) is 1. The normalized spacial score (nSPS) is 24.6. The van der Waals surface area contributed by atoms with Crippen LogP contribution in [0.4, 0.5) is 0 Å². The second kappa shape index (κ2) is 7.82. The van der Waals surface area contributed by atoms with Gasteiger partial charge in [-0.2, -0.15) is 0 Å². The summed E-state index contributed by atoms with van der Waals surface area (Å²) in [5.74, 6) is 0.355. The Morgan fingerprint density at radius 1 is 1.21 bits per heavy atom. The van der Waals surface area contributed by atoms with Gasteiger partial charge in [-0.15, -0.1) is 0 Å². The van der Waals surface area contributed by atoms with Crippen LogP contribution in [0.25, 0.3) is 0 Å². The molecule has 0 spiro atoms. The van der Waals surface area contributed by atoms with Gasteiger partial charge in [0.2, 0.25) is 5.91 Å². The van der Waals surface area contributed by atoms with Gasteiger partial charge in [-0.3, -0.25) is 9.69 Å². The fourth-order valence-electron chi connectivity index (χ4n) is 2.66. The Hall–Kier alpha value is -0.650. The lowest BCUT2D eigenvalue weighted by molar-refractivity contribution is -0.134. The fourth-order valence-corrected chi connectivity index (χ4v) is 2.66. The second-order valence-corrected chi connectivity index (χ2v) is 5.48. The van der Waals surface area contributed by atoms with Gasteiger partial charge >= 0.3 is 0 Å². The first-order valence-corrected chi connectivity index (χ1v) is 7.40. The van der Waals surface area contributed by atoms with Crippen molar-refractivity contribution >= 4 is 5.91 Å². The number of morpholine rings is 1. The van der Waals surface area contributed by atoms with Crippen LogP contribution in [0.15, 0.2) is 0 Å². The Kier molecular flexibility index (Phi) is 6.07. The number of hydrogen-bond acceptors (Lipinski definition) is 4. The minimum atomic E-state index is 0.101. The third-order valence-electron chi connectivity index (χ3n) is 3.98. The SMILES string of the molecule is CN(CCCCN1CCOCC1)C(=O)C1CCOC1. The van der Waals surface area contributed by atoms with Crippen molar-refractivity contribution in [3.8, 4) is 0 Å². The molecule has 2 fully saturated rings. The molecule has 0 aromatic heterocycles. The largest absolute Gasteiger partial charge is 0.381 e. The van der Waals surface area contributed by atoms with Crippen molar-refractivity contribution in [2.75, 3.05) is 59.7 Å². The summed E-state index contributed by atoms with van der Waals surface area (Å²) in [5, 5.41) is 0. The highest BCUT2D eigenvalue weighted by Crippen LogP contribution is 2.15. The van der Waals surface area contributed by atoms with Crippen LogP contribution in [-0.4, -0.2) is 75.4 Å². The Bertz CT molecular complexity index is 274. The number of hydrogen-bond donors (Lipinski definition) is 0. The van der Waals surface area contributed by atoms with E-state index in [1.165, 1.54) is 0 Å². The summed E-state index contributed by atoms with van der Waals surface area (Å²) in [6.07, 6.45) is 3.11. The van der Waals surface area contributed by atoms with E-state index in [0.717, 1.165) is 65.3 Å². The predicted molar refractivity (Wildman–Crippen MR) is 73.1 cm³/mol. The monoisotopic (exact) mass is 270 g/mol. The average Bonchev–Trinajstić information content (AvgIpc) is 2.98. The first-order chi connectivity index (χ1) is 9.27. The first-order valence-electron chi connectivity index (χ1n) is 7.40. The predicted octanol–water partition coefficient (Wildman–Crippen LogP) is 0.594. The van der Waals surface area contributed by atoms with E-state index in [1.54, 1.807) is 0 Å². The van der Waals surface area contributed by atoms with Gasteiger partial charge in [0.05, 0.1) is 25.7 Å². The van der Waals surface area contributed by atoms with Gasteiger partial charge < -0.3 is 14.4 Å². The molecule has 0 saturated carbocycles. The lowest BCUT2D eigenvalue weighted by atomic mass is 10.1. The molecule has 5 nitrogen and oxygen atoms in total. The molecular formula is C14H26N2O3. The maximum atomic E-state index is 12.1. The molecule has 0 aliphatic carbocycles. The maximum absolute atomic E-state index is 12.1. The average molecular weight is 270 g/mol. The molecule has 0 aromatic rings. The van der Waals surface area contributed by atoms with Gasteiger partial charge in [0.25, 0.3) is 0 Å². The molecule has 0 bridgehead atoms. The summed E-state index contributed by atoms with van der Waals surface area (Å²) < 4.78 is 10.6. The van der Waals surface area contributed by atoms with Crippen LogP contribution < -0.4 is 0 Å². The molecular weight excluding hydrogens is 244 g/mol. The van der Waals surface area contributed by atoms with E-state index in [4.69, 9.17) is 9.47 Å². The van der Waals surface area contributed by atoms with E-state index in [9.17, 15) is 4.79 Å². The van der Waals surface area contributed by atoms with E-state index >= 15 is 0 Å². The van der Waals surface area contributed by atoms with Crippen molar-refractivity contribution in [3.63, 3.8) is 0 Å². The van der Waals surface area contributed by atoms with Crippen LogP contribution in [-0.2, 0) is 14.3 Å². The topological polar surface area (TPSA) is 42.0 Å². The number of rotatable bonds is 6. The Morgan fingerprint density at radius 2 is 2.00 bits per heavy atom. The summed E-state index contributed by atoms with van der Waals surface area (Å²) in [7, 11) is 1.91.